The second-order valence-corrected chi connectivity index (χ2v) is 12.5. The second kappa shape index (κ2) is 27.8. The van der Waals surface area contributed by atoms with Gasteiger partial charge in [0.15, 0.2) is 0 Å². The molecule has 0 aliphatic heterocycles. The van der Waals surface area contributed by atoms with Gasteiger partial charge in [-0.25, -0.2) is 0 Å². The van der Waals surface area contributed by atoms with Crippen LogP contribution < -0.4 is 0 Å². The summed E-state index contributed by atoms with van der Waals surface area (Å²) in [5.41, 5.74) is 0.650. The summed E-state index contributed by atoms with van der Waals surface area (Å²) in [4.78, 5) is 11.5. The van der Waals surface area contributed by atoms with E-state index in [0.717, 1.165) is 25.7 Å². The zero-order valence-corrected chi connectivity index (χ0v) is 26.7. The van der Waals surface area contributed by atoms with Crippen LogP contribution in [0.2, 0.25) is 0 Å². The lowest BCUT2D eigenvalue weighted by molar-refractivity contribution is -0.142. The number of hydrogen-bond acceptors (Lipinski definition) is 1. The van der Waals surface area contributed by atoms with Crippen molar-refractivity contribution in [2.45, 2.75) is 201 Å². The van der Waals surface area contributed by atoms with Gasteiger partial charge in [-0.3, -0.25) is 4.79 Å². The molecule has 0 radical (unpaired) electrons. The van der Waals surface area contributed by atoms with Gasteiger partial charge >= 0.3 is 5.97 Å². The maximum Gasteiger partial charge on any atom is 0.306 e. The molecule has 1 N–H and O–H groups in total. The first kappa shape index (κ1) is 37.2. The number of hydrogen-bond donors (Lipinski definition) is 1. The van der Waals surface area contributed by atoms with Gasteiger partial charge in [0.25, 0.3) is 0 Å². The Kier molecular flexibility index (Phi) is 27.2. The number of allylic oxidation sites excluding steroid dienone is 2. The summed E-state index contributed by atoms with van der Waals surface area (Å²) < 4.78 is 0. The Hall–Kier alpha value is -0.790. The molecule has 1 unspecified atom stereocenters. The van der Waals surface area contributed by atoms with Crippen LogP contribution in [0.25, 0.3) is 0 Å². The van der Waals surface area contributed by atoms with Crippen molar-refractivity contribution in [3.8, 4) is 0 Å². The average Bonchev–Trinajstić information content (AvgIpc) is 2.92. The van der Waals surface area contributed by atoms with Crippen molar-refractivity contribution in [1.82, 2.24) is 0 Å². The predicted molar refractivity (Wildman–Crippen MR) is 170 cm³/mol. The van der Waals surface area contributed by atoms with Crippen molar-refractivity contribution >= 4 is 5.97 Å². The third-order valence-electron chi connectivity index (χ3n) is 8.86. The molecule has 0 aromatic rings. The minimum Gasteiger partial charge on any atom is -0.481 e. The van der Waals surface area contributed by atoms with Crippen LogP contribution in [0.15, 0.2) is 12.2 Å². The molecule has 0 fully saturated rings. The number of aliphatic carboxylic acids is 1. The Bertz CT molecular complexity index is 502. The van der Waals surface area contributed by atoms with Gasteiger partial charge in [0.2, 0.25) is 0 Å². The van der Waals surface area contributed by atoms with E-state index in [2.05, 4.69) is 39.8 Å². The summed E-state index contributed by atoms with van der Waals surface area (Å²) in [5, 5.41) is 9.44. The van der Waals surface area contributed by atoms with E-state index in [0.29, 0.717) is 5.41 Å². The van der Waals surface area contributed by atoms with Gasteiger partial charge in [-0.1, -0.05) is 149 Å². The van der Waals surface area contributed by atoms with Crippen LogP contribution in [0.3, 0.4) is 0 Å². The molecular formula is C36H70O2. The topological polar surface area (TPSA) is 37.3 Å². The molecule has 0 heterocycles. The van der Waals surface area contributed by atoms with Crippen LogP contribution >= 0.6 is 0 Å². The molecule has 1 atom stereocenters. The molecule has 2 heteroatoms. The zero-order chi connectivity index (χ0) is 28.2. The molecule has 38 heavy (non-hydrogen) atoms. The first-order chi connectivity index (χ1) is 18.5. The standard InChI is InChI=1S/C36H70O2/c1-5-9-13-25-28-34(35(37)38)29-26-23-21-19-17-15-14-16-18-20-22-24-27-33-36(30-10-6-2,31-11-7-3)32-12-8-4/h14-15,34H,5-13,16-33H2,1-4H3,(H,37,38)/b15-14-. The number of carbonyl (C=O) groups is 1. The maximum atomic E-state index is 11.5. The molecule has 0 spiro atoms. The van der Waals surface area contributed by atoms with Crippen LogP contribution in [-0.4, -0.2) is 11.1 Å². The van der Waals surface area contributed by atoms with Crippen molar-refractivity contribution in [2.24, 2.45) is 11.3 Å². The third kappa shape index (κ3) is 22.1. The van der Waals surface area contributed by atoms with Gasteiger partial charge in [-0.05, 0) is 69.6 Å². The molecule has 0 aromatic carbocycles. The quantitative estimate of drug-likeness (QED) is 0.0734. The number of carboxylic acids is 1. The van der Waals surface area contributed by atoms with Crippen LogP contribution in [0.5, 0.6) is 0 Å². The van der Waals surface area contributed by atoms with Gasteiger partial charge in [-0.15, -0.1) is 0 Å². The lowest BCUT2D eigenvalue weighted by atomic mass is 9.71. The third-order valence-corrected chi connectivity index (χ3v) is 8.86. The van der Waals surface area contributed by atoms with Crippen LogP contribution in [0.4, 0.5) is 0 Å². The van der Waals surface area contributed by atoms with Gasteiger partial charge in [0, 0.05) is 0 Å². The maximum absolute atomic E-state index is 11.5. The van der Waals surface area contributed by atoms with Crippen LogP contribution in [-0.2, 0) is 4.79 Å². The molecule has 2 nitrogen and oxygen atoms in total. The molecule has 0 aliphatic carbocycles. The van der Waals surface area contributed by atoms with E-state index in [1.165, 1.54) is 148 Å². The summed E-state index contributed by atoms with van der Waals surface area (Å²) in [6.07, 6.45) is 39.6. The van der Waals surface area contributed by atoms with Gasteiger partial charge in [0.1, 0.15) is 0 Å². The number of rotatable bonds is 30. The van der Waals surface area contributed by atoms with Crippen molar-refractivity contribution < 1.29 is 9.90 Å². The van der Waals surface area contributed by atoms with E-state index < -0.39 is 5.97 Å². The fourth-order valence-corrected chi connectivity index (χ4v) is 6.15. The largest absolute Gasteiger partial charge is 0.481 e. The highest BCUT2D eigenvalue weighted by Crippen LogP contribution is 2.41. The first-order valence-corrected chi connectivity index (χ1v) is 17.4. The molecule has 0 saturated carbocycles. The fourth-order valence-electron chi connectivity index (χ4n) is 6.15. The highest BCUT2D eigenvalue weighted by molar-refractivity contribution is 5.69. The second-order valence-electron chi connectivity index (χ2n) is 12.5. The van der Waals surface area contributed by atoms with E-state index in [-0.39, 0.29) is 5.92 Å². The van der Waals surface area contributed by atoms with Crippen molar-refractivity contribution in [3.63, 3.8) is 0 Å². The van der Waals surface area contributed by atoms with Crippen LogP contribution in [0, 0.1) is 11.3 Å². The molecule has 0 amide bonds. The molecular weight excluding hydrogens is 464 g/mol. The molecule has 0 rings (SSSR count). The van der Waals surface area contributed by atoms with E-state index in [1.54, 1.807) is 0 Å². The molecule has 0 saturated heterocycles. The smallest absolute Gasteiger partial charge is 0.306 e. The fraction of sp³-hybridized carbons (Fsp3) is 0.917. The average molecular weight is 535 g/mol. The van der Waals surface area contributed by atoms with Crippen molar-refractivity contribution in [1.29, 1.82) is 0 Å². The van der Waals surface area contributed by atoms with Crippen molar-refractivity contribution in [2.75, 3.05) is 0 Å². The Balaban J connectivity index is 3.84. The Morgan fingerprint density at radius 3 is 1.34 bits per heavy atom. The van der Waals surface area contributed by atoms with E-state index in [4.69, 9.17) is 0 Å². The van der Waals surface area contributed by atoms with Gasteiger partial charge in [-0.2, -0.15) is 0 Å². The van der Waals surface area contributed by atoms with E-state index in [9.17, 15) is 9.90 Å². The summed E-state index contributed by atoms with van der Waals surface area (Å²) in [5.74, 6) is -0.694. The van der Waals surface area contributed by atoms with Crippen molar-refractivity contribution in [3.05, 3.63) is 12.2 Å². The summed E-state index contributed by atoms with van der Waals surface area (Å²) in [6.45, 7) is 9.27. The SMILES string of the molecule is CCCCCCC(CCCCCC/C=C\CCCCCCCC(CCCC)(CCCC)CCCC)C(=O)O. The Labute approximate surface area is 240 Å². The first-order valence-electron chi connectivity index (χ1n) is 17.4. The van der Waals surface area contributed by atoms with E-state index >= 15 is 0 Å². The Morgan fingerprint density at radius 2 is 0.895 bits per heavy atom. The summed E-state index contributed by atoms with van der Waals surface area (Å²) >= 11 is 0. The van der Waals surface area contributed by atoms with Gasteiger partial charge < -0.3 is 5.11 Å². The minimum absolute atomic E-state index is 0.113. The predicted octanol–water partition coefficient (Wildman–Crippen LogP) is 12.8. The summed E-state index contributed by atoms with van der Waals surface area (Å²) in [6, 6.07) is 0. The molecule has 0 bridgehead atoms. The highest BCUT2D eigenvalue weighted by atomic mass is 16.4. The number of unbranched alkanes of at least 4 members (excludes halogenated alkanes) is 15. The molecule has 0 aromatic heterocycles. The van der Waals surface area contributed by atoms with E-state index in [1.807, 2.05) is 0 Å². The normalized spacial score (nSPS) is 12.9. The zero-order valence-electron chi connectivity index (χ0n) is 26.7. The number of carboxylic acid groups (broad SMARTS) is 1. The molecule has 0 aliphatic rings. The monoisotopic (exact) mass is 535 g/mol. The van der Waals surface area contributed by atoms with Gasteiger partial charge in [0.05, 0.1) is 5.92 Å². The Morgan fingerprint density at radius 1 is 0.526 bits per heavy atom. The highest BCUT2D eigenvalue weighted by Gasteiger charge is 2.27. The molecule has 226 valence electrons. The summed E-state index contributed by atoms with van der Waals surface area (Å²) in [7, 11) is 0. The minimum atomic E-state index is -0.580. The lowest BCUT2D eigenvalue weighted by Crippen LogP contribution is -2.21. The van der Waals surface area contributed by atoms with Crippen LogP contribution in [0.1, 0.15) is 201 Å². The lowest BCUT2D eigenvalue weighted by Gasteiger charge is -2.35.